The van der Waals surface area contributed by atoms with Crippen LogP contribution in [0.2, 0.25) is 0 Å². The lowest BCUT2D eigenvalue weighted by Crippen LogP contribution is -2.30. The van der Waals surface area contributed by atoms with Crippen molar-refractivity contribution in [3.05, 3.63) is 29.3 Å². The first-order chi connectivity index (χ1) is 8.79. The Morgan fingerprint density at radius 3 is 3.11 bits per heavy atom. The van der Waals surface area contributed by atoms with E-state index in [-0.39, 0.29) is 6.61 Å². The third kappa shape index (κ3) is 3.99. The third-order valence-corrected chi connectivity index (χ3v) is 4.36. The van der Waals surface area contributed by atoms with Gasteiger partial charge < -0.3 is 15.5 Å². The molecule has 1 unspecified atom stereocenters. The summed E-state index contributed by atoms with van der Waals surface area (Å²) in [6.45, 7) is 1.11. The molecule has 0 saturated carbocycles. The van der Waals surface area contributed by atoms with Crippen molar-refractivity contribution in [3.8, 4) is 0 Å². The van der Waals surface area contributed by atoms with Crippen LogP contribution in [-0.2, 0) is 12.8 Å². The van der Waals surface area contributed by atoms with Crippen LogP contribution in [0.1, 0.15) is 17.5 Å². The zero-order chi connectivity index (χ0) is 12.8. The van der Waals surface area contributed by atoms with E-state index in [2.05, 4.69) is 23.5 Å². The van der Waals surface area contributed by atoms with E-state index in [1.807, 2.05) is 11.8 Å². The van der Waals surface area contributed by atoms with Crippen LogP contribution in [0.25, 0.3) is 0 Å². The van der Waals surface area contributed by atoms with Gasteiger partial charge in [-0.1, -0.05) is 12.1 Å². The Hall–Kier alpha value is -0.550. The summed E-state index contributed by atoms with van der Waals surface area (Å²) in [7, 11) is 0. The fourth-order valence-electron chi connectivity index (χ4n) is 2.14. The van der Waals surface area contributed by atoms with Gasteiger partial charge in [-0.15, -0.1) is 11.8 Å². The van der Waals surface area contributed by atoms with Crippen LogP contribution in [0.3, 0.4) is 0 Å². The number of aliphatic hydroxyl groups is 2. The van der Waals surface area contributed by atoms with Crippen molar-refractivity contribution in [2.45, 2.75) is 30.3 Å². The monoisotopic (exact) mass is 267 g/mol. The Morgan fingerprint density at radius 1 is 1.39 bits per heavy atom. The molecule has 2 rings (SSSR count). The highest BCUT2D eigenvalue weighted by Gasteiger charge is 2.09. The van der Waals surface area contributed by atoms with E-state index in [9.17, 15) is 5.11 Å². The van der Waals surface area contributed by atoms with E-state index in [0.717, 1.165) is 13.0 Å². The molecule has 100 valence electrons. The number of nitrogens with one attached hydrogen (secondary N) is 1. The Labute approximate surface area is 113 Å². The third-order valence-electron chi connectivity index (χ3n) is 3.15. The molecule has 0 aliphatic carbocycles. The molecule has 0 amide bonds. The van der Waals surface area contributed by atoms with Crippen LogP contribution in [0.4, 0.5) is 0 Å². The fourth-order valence-corrected chi connectivity index (χ4v) is 3.15. The number of rotatable bonds is 6. The summed E-state index contributed by atoms with van der Waals surface area (Å²) >= 11 is 1.96. The maximum Gasteiger partial charge on any atom is 0.0894 e. The molecule has 0 spiro atoms. The molecule has 1 heterocycles. The van der Waals surface area contributed by atoms with Crippen molar-refractivity contribution in [1.29, 1.82) is 0 Å². The van der Waals surface area contributed by atoms with E-state index in [0.29, 0.717) is 6.54 Å². The Balaban J connectivity index is 1.79. The highest BCUT2D eigenvalue weighted by atomic mass is 32.2. The van der Waals surface area contributed by atoms with Crippen molar-refractivity contribution >= 4 is 11.8 Å². The molecule has 0 bridgehead atoms. The van der Waals surface area contributed by atoms with Gasteiger partial charge in [0.1, 0.15) is 0 Å². The minimum atomic E-state index is -0.648. The summed E-state index contributed by atoms with van der Waals surface area (Å²) in [5, 5.41) is 21.0. The summed E-state index contributed by atoms with van der Waals surface area (Å²) < 4.78 is 0. The molecule has 0 aromatic heterocycles. The van der Waals surface area contributed by atoms with Crippen LogP contribution in [0, 0.1) is 0 Å². The molecular weight excluding hydrogens is 246 g/mol. The Kier molecular flexibility index (Phi) is 5.50. The molecule has 0 fully saturated rings. The smallest absolute Gasteiger partial charge is 0.0894 e. The second-order valence-corrected chi connectivity index (χ2v) is 5.82. The fraction of sp³-hybridized carbons (Fsp3) is 0.571. The number of benzene rings is 1. The molecule has 1 aromatic rings. The molecule has 4 heteroatoms. The lowest BCUT2D eigenvalue weighted by atomic mass is 10.0. The predicted octanol–water partition coefficient (Wildman–Crippen LogP) is 1.21. The summed E-state index contributed by atoms with van der Waals surface area (Å²) in [4.78, 5) is 1.44. The molecule has 1 atom stereocenters. The molecule has 0 radical (unpaired) electrons. The minimum absolute atomic E-state index is 0.178. The zero-order valence-electron chi connectivity index (χ0n) is 10.6. The number of aliphatic hydroxyl groups excluding tert-OH is 2. The summed E-state index contributed by atoms with van der Waals surface area (Å²) in [6, 6.07) is 6.74. The van der Waals surface area contributed by atoms with Gasteiger partial charge >= 0.3 is 0 Å². The minimum Gasteiger partial charge on any atom is -0.394 e. The number of hydrogen-bond acceptors (Lipinski definition) is 4. The average Bonchev–Trinajstić information content (AvgIpc) is 2.43. The van der Waals surface area contributed by atoms with Gasteiger partial charge in [-0.2, -0.15) is 0 Å². The quantitative estimate of drug-likeness (QED) is 0.678. The normalized spacial score (nSPS) is 16.3. The Morgan fingerprint density at radius 2 is 2.28 bits per heavy atom. The maximum absolute atomic E-state index is 9.20. The van der Waals surface area contributed by atoms with Crippen LogP contribution >= 0.6 is 11.8 Å². The van der Waals surface area contributed by atoms with Gasteiger partial charge in [0.25, 0.3) is 0 Å². The first-order valence-electron chi connectivity index (χ1n) is 6.54. The maximum atomic E-state index is 9.20. The van der Waals surface area contributed by atoms with Gasteiger partial charge in [-0.05, 0) is 48.8 Å². The number of fused-ring (bicyclic) bond motifs is 1. The first kappa shape index (κ1) is 13.9. The highest BCUT2D eigenvalue weighted by molar-refractivity contribution is 7.99. The summed E-state index contributed by atoms with van der Waals surface area (Å²) in [6.07, 6.45) is 2.80. The van der Waals surface area contributed by atoms with Crippen molar-refractivity contribution < 1.29 is 10.2 Å². The van der Waals surface area contributed by atoms with Crippen LogP contribution in [-0.4, -0.2) is 41.8 Å². The zero-order valence-corrected chi connectivity index (χ0v) is 11.4. The lowest BCUT2D eigenvalue weighted by Gasteiger charge is -2.16. The second kappa shape index (κ2) is 7.14. The predicted molar refractivity (Wildman–Crippen MR) is 75.2 cm³/mol. The van der Waals surface area contributed by atoms with Crippen LogP contribution in [0.15, 0.2) is 23.1 Å². The topological polar surface area (TPSA) is 52.5 Å². The molecule has 0 saturated heterocycles. The van der Waals surface area contributed by atoms with Crippen molar-refractivity contribution in [2.75, 3.05) is 25.4 Å². The van der Waals surface area contributed by atoms with Gasteiger partial charge in [0.05, 0.1) is 12.7 Å². The standard InChI is InChI=1S/C14H21NO2S/c16-10-13(17)9-15-6-5-11-3-4-14-12(8-11)2-1-7-18-14/h3-4,8,13,15-17H,1-2,5-7,9-10H2. The second-order valence-electron chi connectivity index (χ2n) is 4.68. The lowest BCUT2D eigenvalue weighted by molar-refractivity contribution is 0.0947. The number of thioether (sulfide) groups is 1. The average molecular weight is 267 g/mol. The van der Waals surface area contributed by atoms with Gasteiger partial charge in [0.15, 0.2) is 0 Å². The molecule has 1 aromatic carbocycles. The first-order valence-corrected chi connectivity index (χ1v) is 7.52. The highest BCUT2D eigenvalue weighted by Crippen LogP contribution is 2.30. The van der Waals surface area contributed by atoms with Crippen molar-refractivity contribution in [2.24, 2.45) is 0 Å². The van der Waals surface area contributed by atoms with Gasteiger partial charge in [-0.3, -0.25) is 0 Å². The number of aryl methyl sites for hydroxylation is 1. The van der Waals surface area contributed by atoms with Crippen LogP contribution < -0.4 is 5.32 Å². The molecule has 18 heavy (non-hydrogen) atoms. The summed E-state index contributed by atoms with van der Waals surface area (Å²) in [5.41, 5.74) is 2.83. The largest absolute Gasteiger partial charge is 0.394 e. The molecule has 3 nitrogen and oxygen atoms in total. The summed E-state index contributed by atoms with van der Waals surface area (Å²) in [5.74, 6) is 1.24. The van der Waals surface area contributed by atoms with E-state index >= 15 is 0 Å². The van der Waals surface area contributed by atoms with Crippen molar-refractivity contribution in [3.63, 3.8) is 0 Å². The molecule has 1 aliphatic heterocycles. The van der Waals surface area contributed by atoms with E-state index in [1.54, 1.807) is 0 Å². The Bertz CT molecular complexity index is 384. The number of hydrogen-bond donors (Lipinski definition) is 3. The van der Waals surface area contributed by atoms with Gasteiger partial charge in [0, 0.05) is 11.4 Å². The van der Waals surface area contributed by atoms with Crippen LogP contribution in [0.5, 0.6) is 0 Å². The molecule has 1 aliphatic rings. The molecule has 3 N–H and O–H groups in total. The van der Waals surface area contributed by atoms with Crippen molar-refractivity contribution in [1.82, 2.24) is 5.32 Å². The van der Waals surface area contributed by atoms with E-state index < -0.39 is 6.10 Å². The molecular formula is C14H21NO2S. The van der Waals surface area contributed by atoms with E-state index in [1.165, 1.54) is 34.6 Å². The van der Waals surface area contributed by atoms with Gasteiger partial charge in [0.2, 0.25) is 0 Å². The van der Waals surface area contributed by atoms with E-state index in [4.69, 9.17) is 5.11 Å². The SMILES string of the molecule is OCC(O)CNCCc1ccc2c(c1)CCCS2. The van der Waals surface area contributed by atoms with Gasteiger partial charge in [-0.25, -0.2) is 0 Å².